The maximum atomic E-state index is 14.0. The number of benzene rings is 2. The lowest BCUT2D eigenvalue weighted by molar-refractivity contribution is 0.0725. The number of hydrogen-bond acceptors (Lipinski definition) is 5. The smallest absolute Gasteiger partial charge is 0.286 e. The number of anilines is 1. The zero-order valence-electron chi connectivity index (χ0n) is 15.4. The first-order valence-corrected chi connectivity index (χ1v) is 9.91. The molecule has 10 heteroatoms. The lowest BCUT2D eigenvalue weighted by Crippen LogP contribution is -2.32. The largest absolute Gasteiger partial charge is 0.329 e. The highest BCUT2D eigenvalue weighted by atomic mass is 32.1. The normalized spacial score (nSPS) is 16.0. The van der Waals surface area contributed by atoms with Crippen molar-refractivity contribution in [2.45, 2.75) is 18.9 Å². The van der Waals surface area contributed by atoms with Gasteiger partial charge in [0.2, 0.25) is 5.01 Å². The van der Waals surface area contributed by atoms with Crippen LogP contribution in [0, 0.1) is 17.5 Å². The second-order valence-electron chi connectivity index (χ2n) is 6.66. The predicted molar refractivity (Wildman–Crippen MR) is 104 cm³/mol. The van der Waals surface area contributed by atoms with Gasteiger partial charge in [-0.2, -0.15) is 0 Å². The summed E-state index contributed by atoms with van der Waals surface area (Å²) in [5.74, 6) is -3.57. The van der Waals surface area contributed by atoms with Crippen molar-refractivity contribution in [3.63, 3.8) is 0 Å². The van der Waals surface area contributed by atoms with Crippen molar-refractivity contribution in [3.8, 4) is 0 Å². The van der Waals surface area contributed by atoms with E-state index in [0.29, 0.717) is 30.1 Å². The molecule has 3 aromatic rings. The first-order valence-electron chi connectivity index (χ1n) is 9.09. The van der Waals surface area contributed by atoms with Crippen LogP contribution in [-0.4, -0.2) is 33.5 Å². The third-order valence-corrected chi connectivity index (χ3v) is 5.74. The van der Waals surface area contributed by atoms with Crippen LogP contribution in [0.25, 0.3) is 0 Å². The highest BCUT2D eigenvalue weighted by molar-refractivity contribution is 7.13. The minimum absolute atomic E-state index is 0.0608. The molecular formula is C20H15F3N4O2S. The van der Waals surface area contributed by atoms with Crippen LogP contribution in [0.3, 0.4) is 0 Å². The number of rotatable bonds is 4. The van der Waals surface area contributed by atoms with E-state index in [1.54, 1.807) is 0 Å². The quantitative estimate of drug-likeness (QED) is 0.671. The number of hydrogen-bond donors (Lipinski definition) is 1. The summed E-state index contributed by atoms with van der Waals surface area (Å²) < 4.78 is 41.1. The molecule has 1 aromatic heterocycles. The van der Waals surface area contributed by atoms with E-state index in [1.807, 2.05) is 0 Å². The molecule has 0 bridgehead atoms. The fraction of sp³-hybridized carbons (Fsp3) is 0.200. The molecule has 0 radical (unpaired) electrons. The first-order chi connectivity index (χ1) is 14.4. The summed E-state index contributed by atoms with van der Waals surface area (Å²) >= 11 is 0.996. The molecule has 1 atom stereocenters. The van der Waals surface area contributed by atoms with Gasteiger partial charge in [0.05, 0.1) is 6.04 Å². The molecular weight excluding hydrogens is 417 g/mol. The Bertz CT molecular complexity index is 1080. The number of nitrogens with zero attached hydrogens (tertiary/aromatic N) is 3. The fourth-order valence-corrected chi connectivity index (χ4v) is 4.18. The second kappa shape index (κ2) is 8.23. The van der Waals surface area contributed by atoms with Gasteiger partial charge in [-0.15, -0.1) is 10.2 Å². The summed E-state index contributed by atoms with van der Waals surface area (Å²) in [5, 5.41) is 10.9. The molecule has 2 heterocycles. The van der Waals surface area contributed by atoms with Gasteiger partial charge < -0.3 is 10.2 Å². The topological polar surface area (TPSA) is 75.2 Å². The molecule has 1 saturated heterocycles. The third-order valence-electron chi connectivity index (χ3n) is 4.71. The Balaban J connectivity index is 1.52. The fourth-order valence-electron chi connectivity index (χ4n) is 3.29. The van der Waals surface area contributed by atoms with Gasteiger partial charge in [0, 0.05) is 12.2 Å². The van der Waals surface area contributed by atoms with Gasteiger partial charge >= 0.3 is 0 Å². The Labute approximate surface area is 173 Å². The Hall–Kier alpha value is -3.27. The van der Waals surface area contributed by atoms with Crippen LogP contribution in [0.4, 0.5) is 18.9 Å². The van der Waals surface area contributed by atoms with Crippen molar-refractivity contribution in [2.24, 2.45) is 0 Å². The van der Waals surface area contributed by atoms with Crippen LogP contribution in [0.2, 0.25) is 0 Å². The molecule has 1 fully saturated rings. The van der Waals surface area contributed by atoms with E-state index in [1.165, 1.54) is 35.2 Å². The van der Waals surface area contributed by atoms with Crippen LogP contribution in [-0.2, 0) is 0 Å². The highest BCUT2D eigenvalue weighted by Gasteiger charge is 2.35. The van der Waals surface area contributed by atoms with Gasteiger partial charge in [-0.25, -0.2) is 13.2 Å². The molecule has 1 aliphatic heterocycles. The lowest BCUT2D eigenvalue weighted by atomic mass is 10.1. The molecule has 1 N–H and O–H groups in total. The van der Waals surface area contributed by atoms with E-state index < -0.39 is 40.9 Å². The van der Waals surface area contributed by atoms with E-state index in [4.69, 9.17) is 0 Å². The molecule has 1 aliphatic rings. The maximum absolute atomic E-state index is 14.0. The predicted octanol–water partition coefficient (Wildman–Crippen LogP) is 4.19. The Kier molecular flexibility index (Phi) is 5.49. The second-order valence-corrected chi connectivity index (χ2v) is 7.67. The van der Waals surface area contributed by atoms with Crippen LogP contribution < -0.4 is 5.32 Å². The van der Waals surface area contributed by atoms with Crippen LogP contribution in [0.1, 0.15) is 44.1 Å². The van der Waals surface area contributed by atoms with Crippen molar-refractivity contribution in [1.82, 2.24) is 15.1 Å². The summed E-state index contributed by atoms with van der Waals surface area (Å²) in [4.78, 5) is 26.5. The molecule has 2 aromatic carbocycles. The lowest BCUT2D eigenvalue weighted by Gasteiger charge is -2.23. The number of aromatic nitrogens is 2. The Morgan fingerprint density at radius 1 is 1.03 bits per heavy atom. The molecule has 1 unspecified atom stereocenters. The number of halogens is 3. The van der Waals surface area contributed by atoms with Gasteiger partial charge in [-0.3, -0.25) is 9.59 Å². The summed E-state index contributed by atoms with van der Waals surface area (Å²) in [6.07, 6.45) is 1.17. The molecule has 0 aliphatic carbocycles. The molecule has 0 spiro atoms. The molecule has 4 rings (SSSR count). The Morgan fingerprint density at radius 3 is 2.43 bits per heavy atom. The summed E-state index contributed by atoms with van der Waals surface area (Å²) in [7, 11) is 0. The SMILES string of the molecule is O=C(Nc1ccc(F)cc1)c1nnc(C2CCCN2C(=O)c2c(F)cccc2F)s1. The molecule has 0 saturated carbocycles. The van der Waals surface area contributed by atoms with Crippen molar-refractivity contribution in [3.05, 3.63) is 75.5 Å². The average molecular weight is 432 g/mol. The minimum atomic E-state index is -0.928. The number of carbonyl (C=O) groups is 2. The third kappa shape index (κ3) is 3.90. The van der Waals surface area contributed by atoms with E-state index >= 15 is 0 Å². The van der Waals surface area contributed by atoms with E-state index in [-0.39, 0.29) is 5.01 Å². The number of carbonyl (C=O) groups excluding carboxylic acids is 2. The zero-order chi connectivity index (χ0) is 21.3. The van der Waals surface area contributed by atoms with Gasteiger partial charge in [-0.1, -0.05) is 17.4 Å². The van der Waals surface area contributed by atoms with E-state index in [2.05, 4.69) is 15.5 Å². The minimum Gasteiger partial charge on any atom is -0.329 e. The van der Waals surface area contributed by atoms with Crippen LogP contribution in [0.15, 0.2) is 42.5 Å². The number of nitrogens with one attached hydrogen (secondary N) is 1. The summed E-state index contributed by atoms with van der Waals surface area (Å²) in [6.45, 7) is 0.313. The van der Waals surface area contributed by atoms with Crippen molar-refractivity contribution < 1.29 is 22.8 Å². The van der Waals surface area contributed by atoms with Gasteiger partial charge in [0.25, 0.3) is 11.8 Å². The Morgan fingerprint density at radius 2 is 1.73 bits per heavy atom. The van der Waals surface area contributed by atoms with E-state index in [9.17, 15) is 22.8 Å². The van der Waals surface area contributed by atoms with Crippen LogP contribution in [0.5, 0.6) is 0 Å². The molecule has 2 amide bonds. The first kappa shape index (κ1) is 20.0. The summed E-state index contributed by atoms with van der Waals surface area (Å²) in [5.41, 5.74) is -0.214. The standard InChI is InChI=1S/C20H15F3N4O2S/c21-11-6-8-12(9-7-11)24-17(28)19-26-25-18(30-19)15-5-2-10-27(15)20(29)16-13(22)3-1-4-14(16)23/h1,3-4,6-9,15H,2,5,10H2,(H,24,28). The molecule has 154 valence electrons. The highest BCUT2D eigenvalue weighted by Crippen LogP contribution is 2.35. The van der Waals surface area contributed by atoms with Gasteiger partial charge in [0.15, 0.2) is 0 Å². The van der Waals surface area contributed by atoms with Crippen molar-refractivity contribution in [1.29, 1.82) is 0 Å². The zero-order valence-corrected chi connectivity index (χ0v) is 16.3. The van der Waals surface area contributed by atoms with Gasteiger partial charge in [0.1, 0.15) is 28.0 Å². The molecule has 6 nitrogen and oxygen atoms in total. The monoisotopic (exact) mass is 432 g/mol. The maximum Gasteiger partial charge on any atom is 0.286 e. The van der Waals surface area contributed by atoms with Crippen molar-refractivity contribution >= 4 is 28.8 Å². The average Bonchev–Trinajstić information content (AvgIpc) is 3.39. The van der Waals surface area contributed by atoms with Crippen molar-refractivity contribution in [2.75, 3.05) is 11.9 Å². The van der Waals surface area contributed by atoms with Gasteiger partial charge in [-0.05, 0) is 49.2 Å². The number of amides is 2. The van der Waals surface area contributed by atoms with Crippen LogP contribution >= 0.6 is 11.3 Å². The molecule has 30 heavy (non-hydrogen) atoms. The van der Waals surface area contributed by atoms with E-state index in [0.717, 1.165) is 23.5 Å². The number of likely N-dealkylation sites (tertiary alicyclic amines) is 1. The summed E-state index contributed by atoms with van der Waals surface area (Å²) in [6, 6.07) is 7.98.